The number of hydrogen-bond donors (Lipinski definition) is 1. The molecule has 0 unspecified atom stereocenters. The molecule has 29 heavy (non-hydrogen) atoms. The standard InChI is InChI=1S/C22H21N5O2/c1-26-20(28)13-12-19(24-26)22(29)23-14-17-15-27(18-10-6-3-7-11-18)25-21(17)16-8-4-2-5-9-16/h2-11,15H,12-14H2,1H3,(H,23,29). The fourth-order valence-corrected chi connectivity index (χ4v) is 3.20. The van der Waals surface area contributed by atoms with Crippen molar-refractivity contribution in [3.05, 3.63) is 72.4 Å². The quantitative estimate of drug-likeness (QED) is 0.731. The lowest BCUT2D eigenvalue weighted by Gasteiger charge is -2.18. The largest absolute Gasteiger partial charge is 0.347 e. The Kier molecular flexibility index (Phi) is 5.20. The van der Waals surface area contributed by atoms with Crippen LogP contribution in [0.3, 0.4) is 0 Å². The van der Waals surface area contributed by atoms with Crippen LogP contribution >= 0.6 is 0 Å². The maximum absolute atomic E-state index is 12.5. The van der Waals surface area contributed by atoms with Crippen LogP contribution in [0.4, 0.5) is 0 Å². The van der Waals surface area contributed by atoms with Gasteiger partial charge in [-0.2, -0.15) is 10.2 Å². The molecule has 146 valence electrons. The number of nitrogens with one attached hydrogen (secondary N) is 1. The van der Waals surface area contributed by atoms with Crippen LogP contribution in [0.1, 0.15) is 18.4 Å². The second-order valence-corrected chi connectivity index (χ2v) is 6.80. The normalized spacial score (nSPS) is 13.9. The third-order valence-corrected chi connectivity index (χ3v) is 4.77. The first kappa shape index (κ1) is 18.6. The predicted octanol–water partition coefficient (Wildman–Crippen LogP) is 2.76. The van der Waals surface area contributed by atoms with Crippen LogP contribution in [-0.4, -0.2) is 39.4 Å². The molecule has 0 saturated heterocycles. The molecule has 0 aliphatic carbocycles. The summed E-state index contributed by atoms with van der Waals surface area (Å²) in [7, 11) is 1.56. The van der Waals surface area contributed by atoms with Crippen molar-refractivity contribution >= 4 is 17.5 Å². The van der Waals surface area contributed by atoms with Crippen molar-refractivity contribution in [2.45, 2.75) is 19.4 Å². The Morgan fingerprint density at radius 1 is 1.03 bits per heavy atom. The second kappa shape index (κ2) is 8.10. The smallest absolute Gasteiger partial charge is 0.267 e. The number of carbonyl (C=O) groups is 2. The molecule has 4 rings (SSSR count). The molecule has 2 heterocycles. The van der Waals surface area contributed by atoms with Crippen molar-refractivity contribution in [3.63, 3.8) is 0 Å². The van der Waals surface area contributed by atoms with E-state index in [9.17, 15) is 9.59 Å². The summed E-state index contributed by atoms with van der Waals surface area (Å²) in [6, 6.07) is 19.7. The number of aromatic nitrogens is 2. The van der Waals surface area contributed by atoms with Gasteiger partial charge in [-0.1, -0.05) is 48.5 Å². The fraction of sp³-hybridized carbons (Fsp3) is 0.182. The first-order valence-electron chi connectivity index (χ1n) is 9.43. The monoisotopic (exact) mass is 387 g/mol. The maximum atomic E-state index is 12.5. The number of nitrogens with zero attached hydrogens (tertiary/aromatic N) is 4. The van der Waals surface area contributed by atoms with Crippen LogP contribution in [0.2, 0.25) is 0 Å². The summed E-state index contributed by atoms with van der Waals surface area (Å²) < 4.78 is 1.81. The highest BCUT2D eigenvalue weighted by molar-refractivity contribution is 6.39. The molecule has 7 heteroatoms. The van der Waals surface area contributed by atoms with Crippen molar-refractivity contribution < 1.29 is 9.59 Å². The highest BCUT2D eigenvalue weighted by Crippen LogP contribution is 2.23. The molecule has 7 nitrogen and oxygen atoms in total. The highest BCUT2D eigenvalue weighted by Gasteiger charge is 2.22. The molecule has 2 aromatic carbocycles. The molecule has 3 aromatic rings. The van der Waals surface area contributed by atoms with Gasteiger partial charge >= 0.3 is 0 Å². The lowest BCUT2D eigenvalue weighted by Crippen LogP contribution is -2.37. The Morgan fingerprint density at radius 2 is 1.72 bits per heavy atom. The van der Waals surface area contributed by atoms with Gasteiger partial charge in [-0.25, -0.2) is 9.69 Å². The lowest BCUT2D eigenvalue weighted by atomic mass is 10.1. The number of para-hydroxylation sites is 1. The number of rotatable bonds is 5. The Balaban J connectivity index is 1.59. The first-order chi connectivity index (χ1) is 14.1. The molecule has 2 amide bonds. The summed E-state index contributed by atoms with van der Waals surface area (Å²) in [5, 5.41) is 13.0. The number of benzene rings is 2. The van der Waals surface area contributed by atoms with Gasteiger partial charge in [-0.05, 0) is 12.1 Å². The summed E-state index contributed by atoms with van der Waals surface area (Å²) in [5.74, 6) is -0.354. The SMILES string of the molecule is CN1N=C(C(=O)NCc2cn(-c3ccccc3)nc2-c2ccccc2)CCC1=O. The maximum Gasteiger partial charge on any atom is 0.267 e. The Morgan fingerprint density at radius 3 is 2.41 bits per heavy atom. The van der Waals surface area contributed by atoms with Crippen molar-refractivity contribution in [3.8, 4) is 16.9 Å². The van der Waals surface area contributed by atoms with Gasteiger partial charge in [0, 0.05) is 43.8 Å². The minimum absolute atomic E-state index is 0.0861. The van der Waals surface area contributed by atoms with Gasteiger partial charge < -0.3 is 5.32 Å². The van der Waals surface area contributed by atoms with Crippen LogP contribution in [0.15, 0.2) is 72.0 Å². The number of hydrogen-bond acceptors (Lipinski definition) is 4. The van der Waals surface area contributed by atoms with Crippen molar-refractivity contribution in [1.29, 1.82) is 0 Å². The zero-order valence-electron chi connectivity index (χ0n) is 16.1. The van der Waals surface area contributed by atoms with Crippen molar-refractivity contribution in [2.24, 2.45) is 5.10 Å². The van der Waals surface area contributed by atoms with E-state index in [1.807, 2.05) is 71.5 Å². The molecule has 1 aliphatic heterocycles. The number of hydrazone groups is 1. The first-order valence-corrected chi connectivity index (χ1v) is 9.43. The van der Waals surface area contributed by atoms with Crippen LogP contribution in [0.25, 0.3) is 16.9 Å². The lowest BCUT2D eigenvalue weighted by molar-refractivity contribution is -0.130. The molecule has 0 radical (unpaired) electrons. The van der Waals surface area contributed by atoms with E-state index in [4.69, 9.17) is 5.10 Å². The van der Waals surface area contributed by atoms with E-state index in [2.05, 4.69) is 10.4 Å². The van der Waals surface area contributed by atoms with Gasteiger partial charge in [0.2, 0.25) is 5.91 Å². The molecular weight excluding hydrogens is 366 g/mol. The zero-order chi connectivity index (χ0) is 20.2. The second-order valence-electron chi connectivity index (χ2n) is 6.80. The van der Waals surface area contributed by atoms with Crippen molar-refractivity contribution in [1.82, 2.24) is 20.1 Å². The molecule has 0 bridgehead atoms. The topological polar surface area (TPSA) is 79.6 Å². The molecule has 0 saturated carbocycles. The van der Waals surface area contributed by atoms with Gasteiger partial charge in [0.1, 0.15) is 5.71 Å². The number of carbonyl (C=O) groups excluding carboxylic acids is 2. The summed E-state index contributed by atoms with van der Waals surface area (Å²) >= 11 is 0. The molecule has 0 atom stereocenters. The summed E-state index contributed by atoms with van der Waals surface area (Å²) in [5.41, 5.74) is 4.00. The van der Waals surface area contributed by atoms with Crippen LogP contribution in [0, 0.1) is 0 Å². The number of amides is 2. The highest BCUT2D eigenvalue weighted by atomic mass is 16.2. The van der Waals surface area contributed by atoms with E-state index in [1.165, 1.54) is 5.01 Å². The molecular formula is C22H21N5O2. The van der Waals surface area contributed by atoms with E-state index in [1.54, 1.807) is 7.05 Å². The molecule has 1 aliphatic rings. The Bertz CT molecular complexity index is 1060. The van der Waals surface area contributed by atoms with Gasteiger partial charge in [0.05, 0.1) is 11.4 Å². The average Bonchev–Trinajstić information content (AvgIpc) is 3.19. The molecule has 1 aromatic heterocycles. The summed E-state index contributed by atoms with van der Waals surface area (Å²) in [4.78, 5) is 24.1. The van der Waals surface area contributed by atoms with Gasteiger partial charge in [0.25, 0.3) is 5.91 Å². The third-order valence-electron chi connectivity index (χ3n) is 4.77. The molecule has 0 spiro atoms. The van der Waals surface area contributed by atoms with Crippen molar-refractivity contribution in [2.75, 3.05) is 7.05 Å². The van der Waals surface area contributed by atoms with E-state index in [-0.39, 0.29) is 11.8 Å². The predicted molar refractivity (Wildman–Crippen MR) is 110 cm³/mol. The minimum atomic E-state index is -0.268. The molecule has 0 fully saturated rings. The summed E-state index contributed by atoms with van der Waals surface area (Å²) in [6.07, 6.45) is 2.57. The van der Waals surface area contributed by atoms with Gasteiger partial charge in [-0.15, -0.1) is 0 Å². The van der Waals surface area contributed by atoms with Crippen LogP contribution in [0.5, 0.6) is 0 Å². The zero-order valence-corrected chi connectivity index (χ0v) is 16.1. The Labute approximate surface area is 168 Å². The Hall–Kier alpha value is -3.74. The van der Waals surface area contributed by atoms with Crippen LogP contribution in [-0.2, 0) is 16.1 Å². The minimum Gasteiger partial charge on any atom is -0.347 e. The van der Waals surface area contributed by atoms with Crippen LogP contribution < -0.4 is 5.32 Å². The molecule has 1 N–H and O–H groups in total. The van der Waals surface area contributed by atoms with E-state index in [0.717, 1.165) is 22.5 Å². The third kappa shape index (κ3) is 4.08. The average molecular weight is 387 g/mol. The van der Waals surface area contributed by atoms with E-state index in [0.29, 0.717) is 25.1 Å². The van der Waals surface area contributed by atoms with E-state index < -0.39 is 0 Å². The van der Waals surface area contributed by atoms with Gasteiger partial charge in [-0.3, -0.25) is 9.59 Å². The van der Waals surface area contributed by atoms with E-state index >= 15 is 0 Å². The fourth-order valence-electron chi connectivity index (χ4n) is 3.20. The van der Waals surface area contributed by atoms with Gasteiger partial charge in [0.15, 0.2) is 0 Å². The summed E-state index contributed by atoms with van der Waals surface area (Å²) in [6.45, 7) is 0.312.